The van der Waals surface area contributed by atoms with Crippen molar-refractivity contribution in [2.45, 2.75) is 25.6 Å². The summed E-state index contributed by atoms with van der Waals surface area (Å²) in [6, 6.07) is 9.76. The van der Waals surface area contributed by atoms with Crippen molar-refractivity contribution in [1.29, 1.82) is 0 Å². The maximum Gasteiger partial charge on any atom is 0.302 e. The van der Waals surface area contributed by atoms with E-state index in [-0.39, 0.29) is 31.3 Å². The molecule has 1 aliphatic heterocycles. The van der Waals surface area contributed by atoms with Gasteiger partial charge in [0.1, 0.15) is 6.61 Å². The van der Waals surface area contributed by atoms with Crippen LogP contribution in [-0.4, -0.2) is 50.8 Å². The molecule has 0 radical (unpaired) electrons. The maximum absolute atomic E-state index is 11.1. The summed E-state index contributed by atoms with van der Waals surface area (Å²) < 4.78 is 32.0. The summed E-state index contributed by atoms with van der Waals surface area (Å²) in [5.41, 5.74) is 1.12. The molecule has 1 heterocycles. The van der Waals surface area contributed by atoms with Crippen molar-refractivity contribution in [3.05, 3.63) is 35.9 Å². The van der Waals surface area contributed by atoms with Gasteiger partial charge >= 0.3 is 5.97 Å². The zero-order valence-electron chi connectivity index (χ0n) is 12.1. The van der Waals surface area contributed by atoms with Crippen LogP contribution in [0.5, 0.6) is 0 Å². The predicted molar refractivity (Wildman–Crippen MR) is 77.0 cm³/mol. The van der Waals surface area contributed by atoms with Crippen LogP contribution >= 0.6 is 0 Å². The summed E-state index contributed by atoms with van der Waals surface area (Å²) in [4.78, 5) is 13.0. The Bertz CT molecular complexity index is 587. The Balaban J connectivity index is 1.93. The number of esters is 1. The summed E-state index contributed by atoms with van der Waals surface area (Å²) in [5.74, 6) is -0.343. The minimum Gasteiger partial charge on any atom is -0.464 e. The fourth-order valence-corrected chi connectivity index (χ4v) is 2.62. The number of ether oxygens (including phenoxy) is 1. The molecule has 0 bridgehead atoms. The molecule has 0 aromatic heterocycles. The van der Waals surface area contributed by atoms with E-state index < -0.39 is 10.1 Å². The molecule has 0 amide bonds. The van der Waals surface area contributed by atoms with E-state index in [0.29, 0.717) is 6.54 Å². The molecule has 1 saturated heterocycles. The molecule has 0 N–H and O–H groups in total. The van der Waals surface area contributed by atoms with Crippen molar-refractivity contribution in [2.24, 2.45) is 0 Å². The number of rotatable bonds is 7. The number of carbonyl (C=O) groups is 1. The fourth-order valence-electron chi connectivity index (χ4n) is 2.23. The molecule has 1 unspecified atom stereocenters. The molecule has 1 aliphatic rings. The molecular formula is C14H19NO5S. The van der Waals surface area contributed by atoms with Gasteiger partial charge in [0.15, 0.2) is 0 Å². The van der Waals surface area contributed by atoms with E-state index in [4.69, 9.17) is 8.92 Å². The van der Waals surface area contributed by atoms with Crippen LogP contribution in [-0.2, 0) is 30.4 Å². The molecule has 0 spiro atoms. The van der Waals surface area contributed by atoms with Crippen molar-refractivity contribution in [3.8, 4) is 0 Å². The van der Waals surface area contributed by atoms with Crippen LogP contribution in [0, 0.1) is 0 Å². The molecule has 1 aromatic rings. The summed E-state index contributed by atoms with van der Waals surface area (Å²) in [6.45, 7) is 2.36. The van der Waals surface area contributed by atoms with Crippen LogP contribution in [0.3, 0.4) is 0 Å². The Hall–Kier alpha value is -1.44. The van der Waals surface area contributed by atoms with Crippen LogP contribution in [0.1, 0.15) is 12.5 Å². The summed E-state index contributed by atoms with van der Waals surface area (Å²) in [6.07, 6.45) is 1.03. The molecule has 7 heteroatoms. The Labute approximate surface area is 124 Å². The molecule has 2 rings (SSSR count). The standard InChI is InChI=1S/C14H19NO5S/c1-11(16)19-9-13-14(10-20-21(2,17)18)15(13)8-12-6-4-3-5-7-12/h3-7,13-14H,8-10H2,1-2H3/t13-,14+,15?/m1/s1. The number of hydrogen-bond acceptors (Lipinski definition) is 6. The lowest BCUT2D eigenvalue weighted by molar-refractivity contribution is -0.141. The van der Waals surface area contributed by atoms with Gasteiger partial charge in [0, 0.05) is 13.5 Å². The first-order valence-electron chi connectivity index (χ1n) is 6.64. The van der Waals surface area contributed by atoms with E-state index >= 15 is 0 Å². The number of nitrogens with zero attached hydrogens (tertiary/aromatic N) is 1. The van der Waals surface area contributed by atoms with Gasteiger partial charge in [0.2, 0.25) is 0 Å². The average Bonchev–Trinajstić information content (AvgIpc) is 3.06. The van der Waals surface area contributed by atoms with Gasteiger partial charge in [-0.05, 0) is 5.56 Å². The Morgan fingerprint density at radius 2 is 1.81 bits per heavy atom. The van der Waals surface area contributed by atoms with E-state index in [1.165, 1.54) is 6.92 Å². The lowest BCUT2D eigenvalue weighted by atomic mass is 10.2. The number of carbonyl (C=O) groups excluding carboxylic acids is 1. The monoisotopic (exact) mass is 313 g/mol. The first-order valence-corrected chi connectivity index (χ1v) is 8.46. The fraction of sp³-hybridized carbons (Fsp3) is 0.500. The minimum absolute atomic E-state index is 0.00384. The molecule has 0 saturated carbocycles. The van der Waals surface area contributed by atoms with Crippen molar-refractivity contribution >= 4 is 16.1 Å². The molecule has 6 nitrogen and oxygen atoms in total. The number of benzene rings is 1. The summed E-state index contributed by atoms with van der Waals surface area (Å²) in [7, 11) is -3.46. The normalized spacial score (nSPS) is 24.6. The maximum atomic E-state index is 11.1. The first-order chi connectivity index (χ1) is 9.87. The third-order valence-electron chi connectivity index (χ3n) is 3.32. The average molecular weight is 313 g/mol. The third-order valence-corrected chi connectivity index (χ3v) is 3.89. The topological polar surface area (TPSA) is 72.7 Å². The highest BCUT2D eigenvalue weighted by Crippen LogP contribution is 2.31. The van der Waals surface area contributed by atoms with Crippen LogP contribution in [0.15, 0.2) is 30.3 Å². The molecule has 3 atom stereocenters. The molecule has 21 heavy (non-hydrogen) atoms. The molecule has 0 aliphatic carbocycles. The Morgan fingerprint density at radius 1 is 1.19 bits per heavy atom. The van der Waals surface area contributed by atoms with Gasteiger partial charge in [-0.15, -0.1) is 0 Å². The van der Waals surface area contributed by atoms with E-state index in [0.717, 1.165) is 11.8 Å². The van der Waals surface area contributed by atoms with E-state index in [2.05, 4.69) is 4.90 Å². The van der Waals surface area contributed by atoms with Crippen LogP contribution < -0.4 is 0 Å². The van der Waals surface area contributed by atoms with E-state index in [9.17, 15) is 13.2 Å². The van der Waals surface area contributed by atoms with Gasteiger partial charge < -0.3 is 4.74 Å². The Kier molecular flexibility index (Phi) is 4.97. The zero-order chi connectivity index (χ0) is 15.5. The Morgan fingerprint density at radius 3 is 2.38 bits per heavy atom. The largest absolute Gasteiger partial charge is 0.464 e. The van der Waals surface area contributed by atoms with Gasteiger partial charge in [-0.25, -0.2) is 0 Å². The number of hydrogen-bond donors (Lipinski definition) is 0. The smallest absolute Gasteiger partial charge is 0.302 e. The van der Waals surface area contributed by atoms with E-state index in [1.807, 2.05) is 30.3 Å². The van der Waals surface area contributed by atoms with Crippen molar-refractivity contribution in [2.75, 3.05) is 19.5 Å². The van der Waals surface area contributed by atoms with Gasteiger partial charge in [-0.3, -0.25) is 13.9 Å². The van der Waals surface area contributed by atoms with Gasteiger partial charge in [-0.2, -0.15) is 8.42 Å². The minimum atomic E-state index is -3.46. The zero-order valence-corrected chi connectivity index (χ0v) is 12.9. The highest BCUT2D eigenvalue weighted by Gasteiger charge is 2.48. The quantitative estimate of drug-likeness (QED) is 0.421. The second-order valence-electron chi connectivity index (χ2n) is 5.08. The van der Waals surface area contributed by atoms with Crippen molar-refractivity contribution < 1.29 is 22.1 Å². The highest BCUT2D eigenvalue weighted by molar-refractivity contribution is 7.85. The lowest BCUT2D eigenvalue weighted by Crippen LogP contribution is -2.14. The molecule has 1 fully saturated rings. The van der Waals surface area contributed by atoms with Crippen LogP contribution in [0.25, 0.3) is 0 Å². The summed E-state index contributed by atoms with van der Waals surface area (Å²) >= 11 is 0. The van der Waals surface area contributed by atoms with Crippen molar-refractivity contribution in [1.82, 2.24) is 4.90 Å². The molecule has 116 valence electrons. The predicted octanol–water partition coefficient (Wildman–Crippen LogP) is 0.779. The summed E-state index contributed by atoms with van der Waals surface area (Å²) in [5, 5.41) is 0. The van der Waals surface area contributed by atoms with Crippen LogP contribution in [0.4, 0.5) is 0 Å². The van der Waals surface area contributed by atoms with Gasteiger partial charge in [-0.1, -0.05) is 30.3 Å². The second kappa shape index (κ2) is 6.55. The highest BCUT2D eigenvalue weighted by atomic mass is 32.2. The van der Waals surface area contributed by atoms with Gasteiger partial charge in [0.25, 0.3) is 10.1 Å². The van der Waals surface area contributed by atoms with Crippen LogP contribution in [0.2, 0.25) is 0 Å². The first kappa shape index (κ1) is 15.9. The van der Waals surface area contributed by atoms with Gasteiger partial charge in [0.05, 0.1) is 24.9 Å². The van der Waals surface area contributed by atoms with E-state index in [1.54, 1.807) is 0 Å². The second-order valence-corrected chi connectivity index (χ2v) is 6.73. The van der Waals surface area contributed by atoms with Crippen molar-refractivity contribution in [3.63, 3.8) is 0 Å². The molecule has 1 aromatic carbocycles. The SMILES string of the molecule is CC(=O)OC[C@@H]1[C@H](COS(C)(=O)=O)N1Cc1ccccc1. The third kappa shape index (κ3) is 5.11. The molecular weight excluding hydrogens is 294 g/mol. The lowest BCUT2D eigenvalue weighted by Gasteiger charge is -2.04.